The Morgan fingerprint density at radius 3 is 2.75 bits per heavy atom. The fourth-order valence-corrected chi connectivity index (χ4v) is 1.30. The van der Waals surface area contributed by atoms with Gasteiger partial charge in [-0.25, -0.2) is 0 Å². The van der Waals surface area contributed by atoms with Crippen molar-refractivity contribution in [2.75, 3.05) is 7.05 Å². The van der Waals surface area contributed by atoms with E-state index >= 15 is 0 Å². The molecule has 0 bridgehead atoms. The molecule has 0 saturated heterocycles. The van der Waals surface area contributed by atoms with Crippen LogP contribution in [0.15, 0.2) is 23.8 Å². The monoisotopic (exact) mass is 167 g/mol. The van der Waals surface area contributed by atoms with E-state index < -0.39 is 0 Å². The molecule has 12 heavy (non-hydrogen) atoms. The zero-order valence-electron chi connectivity index (χ0n) is 7.75. The molecule has 0 aromatic heterocycles. The largest absolute Gasteiger partial charge is 0.387 e. The van der Waals surface area contributed by atoms with Crippen LogP contribution in [0, 0.1) is 0 Å². The van der Waals surface area contributed by atoms with Crippen molar-refractivity contribution in [3.05, 3.63) is 23.8 Å². The minimum absolute atomic E-state index is 0.124. The average Bonchev–Trinajstić information content (AvgIpc) is 2.17. The maximum Gasteiger partial charge on any atom is 0.0936 e. The van der Waals surface area contributed by atoms with Gasteiger partial charge in [0, 0.05) is 6.04 Å². The summed E-state index contributed by atoms with van der Waals surface area (Å²) in [4.78, 5) is 0. The summed E-state index contributed by atoms with van der Waals surface area (Å²) in [6.07, 6.45) is 8.02. The molecule has 0 spiro atoms. The third-order valence-corrected chi connectivity index (χ3v) is 2.29. The Labute approximate surface area is 74.0 Å². The Balaban J connectivity index is 2.56. The van der Waals surface area contributed by atoms with Gasteiger partial charge in [0.25, 0.3) is 0 Å². The predicted octanol–water partition coefficient (Wildman–Crippen LogP) is 1.23. The summed E-state index contributed by atoms with van der Waals surface area (Å²) in [5.41, 5.74) is 1.04. The Morgan fingerprint density at radius 2 is 2.25 bits per heavy atom. The highest BCUT2D eigenvalue weighted by atomic mass is 16.3. The number of likely N-dealkylation sites (N-methyl/N-ethyl adjacent to an activating group) is 1. The van der Waals surface area contributed by atoms with Gasteiger partial charge < -0.3 is 10.4 Å². The van der Waals surface area contributed by atoms with Crippen molar-refractivity contribution in [3.63, 3.8) is 0 Å². The Morgan fingerprint density at radius 1 is 1.50 bits per heavy atom. The van der Waals surface area contributed by atoms with Gasteiger partial charge in [-0.05, 0) is 32.4 Å². The van der Waals surface area contributed by atoms with Gasteiger partial charge in [-0.1, -0.05) is 18.2 Å². The number of aliphatic hydroxyl groups is 1. The smallest absolute Gasteiger partial charge is 0.0936 e. The van der Waals surface area contributed by atoms with E-state index in [-0.39, 0.29) is 12.1 Å². The molecule has 1 aliphatic rings. The van der Waals surface area contributed by atoms with Crippen molar-refractivity contribution < 1.29 is 5.11 Å². The summed E-state index contributed by atoms with van der Waals surface area (Å²) in [6, 6.07) is 0.124. The van der Waals surface area contributed by atoms with Crippen LogP contribution in [-0.4, -0.2) is 24.3 Å². The second-order valence-corrected chi connectivity index (χ2v) is 3.21. The zero-order chi connectivity index (χ0) is 8.97. The zero-order valence-corrected chi connectivity index (χ0v) is 7.75. The van der Waals surface area contributed by atoms with Gasteiger partial charge in [0.2, 0.25) is 0 Å². The molecule has 1 rings (SSSR count). The van der Waals surface area contributed by atoms with Crippen molar-refractivity contribution >= 4 is 0 Å². The van der Waals surface area contributed by atoms with Crippen molar-refractivity contribution in [2.24, 2.45) is 0 Å². The molecule has 0 amide bonds. The van der Waals surface area contributed by atoms with Crippen molar-refractivity contribution in [3.8, 4) is 0 Å². The van der Waals surface area contributed by atoms with Gasteiger partial charge in [-0.2, -0.15) is 0 Å². The molecule has 0 aromatic carbocycles. The predicted molar refractivity (Wildman–Crippen MR) is 51.0 cm³/mol. The molecule has 2 heteroatoms. The van der Waals surface area contributed by atoms with Gasteiger partial charge in [0.1, 0.15) is 0 Å². The molecule has 2 atom stereocenters. The number of rotatable bonds is 3. The van der Waals surface area contributed by atoms with Crippen LogP contribution in [-0.2, 0) is 0 Å². The van der Waals surface area contributed by atoms with E-state index in [1.807, 2.05) is 20.0 Å². The molecule has 2 N–H and O–H groups in total. The SMILES string of the molecule is CNC(C)C(O)C1=CCCC=C1. The molecule has 0 fully saturated rings. The Hall–Kier alpha value is -0.600. The van der Waals surface area contributed by atoms with E-state index in [9.17, 15) is 5.11 Å². The van der Waals surface area contributed by atoms with Crippen LogP contribution in [0.3, 0.4) is 0 Å². The minimum Gasteiger partial charge on any atom is -0.387 e. The second kappa shape index (κ2) is 4.43. The van der Waals surface area contributed by atoms with E-state index in [1.165, 1.54) is 0 Å². The number of aliphatic hydroxyl groups excluding tert-OH is 1. The molecule has 2 nitrogen and oxygen atoms in total. The van der Waals surface area contributed by atoms with Crippen LogP contribution in [0.1, 0.15) is 19.8 Å². The standard InChI is InChI=1S/C10H17NO/c1-8(11-2)10(12)9-6-4-3-5-7-9/h4,6-8,10-12H,3,5H2,1-2H3. The summed E-state index contributed by atoms with van der Waals surface area (Å²) < 4.78 is 0. The van der Waals surface area contributed by atoms with E-state index in [0.29, 0.717) is 0 Å². The lowest BCUT2D eigenvalue weighted by atomic mass is 9.98. The third-order valence-electron chi connectivity index (χ3n) is 2.29. The number of hydrogen-bond acceptors (Lipinski definition) is 2. The maximum atomic E-state index is 9.76. The van der Waals surface area contributed by atoms with Gasteiger partial charge in [-0.3, -0.25) is 0 Å². The lowest BCUT2D eigenvalue weighted by Crippen LogP contribution is -2.35. The lowest BCUT2D eigenvalue weighted by molar-refractivity contribution is 0.175. The summed E-state index contributed by atoms with van der Waals surface area (Å²) in [6.45, 7) is 1.98. The van der Waals surface area contributed by atoms with Gasteiger partial charge in [0.05, 0.1) is 6.10 Å². The molecule has 0 aliphatic heterocycles. The highest BCUT2D eigenvalue weighted by Crippen LogP contribution is 2.15. The summed E-state index contributed by atoms with van der Waals surface area (Å²) in [5.74, 6) is 0. The van der Waals surface area contributed by atoms with Crippen LogP contribution in [0.5, 0.6) is 0 Å². The first kappa shape index (κ1) is 9.49. The van der Waals surface area contributed by atoms with Gasteiger partial charge in [-0.15, -0.1) is 0 Å². The molecule has 0 saturated carbocycles. The molecular weight excluding hydrogens is 150 g/mol. The first-order valence-electron chi connectivity index (χ1n) is 4.47. The van der Waals surface area contributed by atoms with Crippen molar-refractivity contribution in [1.29, 1.82) is 0 Å². The summed E-state index contributed by atoms with van der Waals surface area (Å²) in [7, 11) is 1.86. The van der Waals surface area contributed by atoms with E-state index in [0.717, 1.165) is 18.4 Å². The van der Waals surface area contributed by atoms with Crippen LogP contribution >= 0.6 is 0 Å². The summed E-state index contributed by atoms with van der Waals surface area (Å²) >= 11 is 0. The second-order valence-electron chi connectivity index (χ2n) is 3.21. The number of nitrogens with one attached hydrogen (secondary N) is 1. The quantitative estimate of drug-likeness (QED) is 0.662. The van der Waals surface area contributed by atoms with E-state index in [1.54, 1.807) is 0 Å². The van der Waals surface area contributed by atoms with E-state index in [2.05, 4.69) is 17.5 Å². The first-order valence-corrected chi connectivity index (χ1v) is 4.47. The number of hydrogen-bond donors (Lipinski definition) is 2. The average molecular weight is 167 g/mol. The third kappa shape index (κ3) is 2.19. The van der Waals surface area contributed by atoms with Gasteiger partial charge >= 0.3 is 0 Å². The first-order chi connectivity index (χ1) is 5.75. The van der Waals surface area contributed by atoms with Crippen LogP contribution < -0.4 is 5.32 Å². The minimum atomic E-state index is -0.369. The highest BCUT2D eigenvalue weighted by molar-refractivity contribution is 5.27. The van der Waals surface area contributed by atoms with Crippen LogP contribution in [0.2, 0.25) is 0 Å². The Kier molecular flexibility index (Phi) is 3.50. The molecule has 0 heterocycles. The molecule has 2 unspecified atom stereocenters. The molecule has 1 aliphatic carbocycles. The maximum absolute atomic E-state index is 9.76. The molecule has 0 aromatic rings. The van der Waals surface area contributed by atoms with Crippen molar-refractivity contribution in [1.82, 2.24) is 5.32 Å². The van der Waals surface area contributed by atoms with Gasteiger partial charge in [0.15, 0.2) is 0 Å². The number of allylic oxidation sites excluding steroid dienone is 2. The normalized spacial score (nSPS) is 21.8. The van der Waals surface area contributed by atoms with Crippen LogP contribution in [0.25, 0.3) is 0 Å². The van der Waals surface area contributed by atoms with E-state index in [4.69, 9.17) is 0 Å². The summed E-state index contributed by atoms with van der Waals surface area (Å²) in [5, 5.41) is 12.8. The van der Waals surface area contributed by atoms with Crippen LogP contribution in [0.4, 0.5) is 0 Å². The molecule has 0 radical (unpaired) electrons. The highest BCUT2D eigenvalue weighted by Gasteiger charge is 2.15. The molecule has 68 valence electrons. The Bertz CT molecular complexity index is 196. The topological polar surface area (TPSA) is 32.3 Å². The lowest BCUT2D eigenvalue weighted by Gasteiger charge is -2.20. The fourth-order valence-electron chi connectivity index (χ4n) is 1.30. The van der Waals surface area contributed by atoms with Crippen molar-refractivity contribution in [2.45, 2.75) is 31.9 Å². The fraction of sp³-hybridized carbons (Fsp3) is 0.600. The molecular formula is C10H17NO.